The molecule has 0 bridgehead atoms. The third-order valence-electron chi connectivity index (χ3n) is 2.06. The summed E-state index contributed by atoms with van der Waals surface area (Å²) >= 11 is 0. The van der Waals surface area contributed by atoms with E-state index in [4.69, 9.17) is 9.15 Å². The van der Waals surface area contributed by atoms with Crippen molar-refractivity contribution in [3.8, 4) is 0 Å². The summed E-state index contributed by atoms with van der Waals surface area (Å²) in [7, 11) is 0. The average Bonchev–Trinajstić information content (AvgIpc) is 2.70. The summed E-state index contributed by atoms with van der Waals surface area (Å²) in [5.41, 5.74) is 0. The number of carbonyl (C=O) groups is 3. The molecule has 0 saturated heterocycles. The van der Waals surface area contributed by atoms with Gasteiger partial charge in [0.25, 0.3) is 0 Å². The van der Waals surface area contributed by atoms with Gasteiger partial charge < -0.3 is 13.9 Å². The highest BCUT2D eigenvalue weighted by Gasteiger charge is 2.13. The van der Waals surface area contributed by atoms with Crippen LogP contribution < -0.4 is 0 Å². The zero-order chi connectivity index (χ0) is 12.8. The molecule has 0 saturated carbocycles. The molecule has 5 nitrogen and oxygen atoms in total. The monoisotopic (exact) mass is 238 g/mol. The molecule has 1 aromatic heterocycles. The van der Waals surface area contributed by atoms with Gasteiger partial charge in [-0.1, -0.05) is 0 Å². The van der Waals surface area contributed by atoms with Crippen LogP contribution in [0.1, 0.15) is 36.1 Å². The first-order chi connectivity index (χ1) is 7.99. The van der Waals surface area contributed by atoms with E-state index in [2.05, 4.69) is 0 Å². The Bertz CT molecular complexity index is 430. The lowest BCUT2D eigenvalue weighted by atomic mass is 10.2. The molecule has 1 aromatic rings. The molecule has 1 rings (SSSR count). The van der Waals surface area contributed by atoms with E-state index in [1.54, 1.807) is 13.0 Å². The number of Topliss-reactive ketones (excluding diaryl/α,β-unsaturated/α-hetero) is 2. The molecule has 0 aliphatic rings. The number of carbonyl (C=O) groups excluding carboxylic acids is 3. The highest BCUT2D eigenvalue weighted by Crippen LogP contribution is 2.07. The molecule has 17 heavy (non-hydrogen) atoms. The molecular formula is C12H14O5. The van der Waals surface area contributed by atoms with Crippen LogP contribution in [0.3, 0.4) is 0 Å². The van der Waals surface area contributed by atoms with Crippen LogP contribution in [0.15, 0.2) is 16.5 Å². The van der Waals surface area contributed by atoms with E-state index < -0.39 is 11.8 Å². The SMILES string of the molecule is CC(=O)CCC(=O)OCC(=O)c1ccc(C)o1. The van der Waals surface area contributed by atoms with Gasteiger partial charge >= 0.3 is 5.97 Å². The number of ether oxygens (including phenoxy) is 1. The highest BCUT2D eigenvalue weighted by atomic mass is 16.5. The fourth-order valence-electron chi connectivity index (χ4n) is 1.15. The number of aryl methyl sites for hydroxylation is 1. The third kappa shape index (κ3) is 4.63. The zero-order valence-electron chi connectivity index (χ0n) is 9.82. The topological polar surface area (TPSA) is 73.6 Å². The largest absolute Gasteiger partial charge is 0.458 e. The summed E-state index contributed by atoms with van der Waals surface area (Å²) in [5.74, 6) is -0.251. The molecule has 0 fully saturated rings. The van der Waals surface area contributed by atoms with Crippen LogP contribution in [0.2, 0.25) is 0 Å². The van der Waals surface area contributed by atoms with E-state index in [1.165, 1.54) is 13.0 Å². The average molecular weight is 238 g/mol. The molecular weight excluding hydrogens is 224 g/mol. The summed E-state index contributed by atoms with van der Waals surface area (Å²) in [6, 6.07) is 3.19. The Balaban J connectivity index is 2.33. The Morgan fingerprint density at radius 1 is 1.24 bits per heavy atom. The first kappa shape index (κ1) is 13.2. The summed E-state index contributed by atoms with van der Waals surface area (Å²) in [6.45, 7) is 2.75. The molecule has 92 valence electrons. The van der Waals surface area contributed by atoms with E-state index in [0.717, 1.165) is 0 Å². The van der Waals surface area contributed by atoms with Gasteiger partial charge in [0.2, 0.25) is 5.78 Å². The smallest absolute Gasteiger partial charge is 0.306 e. The Morgan fingerprint density at radius 3 is 2.47 bits per heavy atom. The van der Waals surface area contributed by atoms with Gasteiger partial charge in [-0.25, -0.2) is 0 Å². The van der Waals surface area contributed by atoms with Crippen molar-refractivity contribution in [2.24, 2.45) is 0 Å². The third-order valence-corrected chi connectivity index (χ3v) is 2.06. The lowest BCUT2D eigenvalue weighted by Gasteiger charge is -2.01. The predicted octanol–water partition coefficient (Wildman–Crippen LogP) is 1.68. The zero-order valence-corrected chi connectivity index (χ0v) is 9.82. The Morgan fingerprint density at radius 2 is 1.94 bits per heavy atom. The van der Waals surface area contributed by atoms with Crippen molar-refractivity contribution < 1.29 is 23.5 Å². The fourth-order valence-corrected chi connectivity index (χ4v) is 1.15. The van der Waals surface area contributed by atoms with Crippen molar-refractivity contribution in [1.82, 2.24) is 0 Å². The van der Waals surface area contributed by atoms with Crippen molar-refractivity contribution in [2.75, 3.05) is 6.61 Å². The van der Waals surface area contributed by atoms with Gasteiger partial charge in [-0.3, -0.25) is 9.59 Å². The lowest BCUT2D eigenvalue weighted by Crippen LogP contribution is -2.14. The minimum atomic E-state index is -0.558. The second kappa shape index (κ2) is 5.98. The summed E-state index contributed by atoms with van der Waals surface area (Å²) in [6.07, 6.45) is 0.132. The number of hydrogen-bond donors (Lipinski definition) is 0. The van der Waals surface area contributed by atoms with Gasteiger partial charge in [0, 0.05) is 6.42 Å². The second-order valence-corrected chi connectivity index (χ2v) is 3.70. The van der Waals surface area contributed by atoms with Crippen LogP contribution in [0.25, 0.3) is 0 Å². The lowest BCUT2D eigenvalue weighted by molar-refractivity contribution is -0.143. The van der Waals surface area contributed by atoms with Crippen LogP contribution in [0.4, 0.5) is 0 Å². The van der Waals surface area contributed by atoms with E-state index >= 15 is 0 Å². The van der Waals surface area contributed by atoms with Crippen LogP contribution in [-0.2, 0) is 14.3 Å². The van der Waals surface area contributed by atoms with Crippen LogP contribution >= 0.6 is 0 Å². The van der Waals surface area contributed by atoms with Gasteiger partial charge in [0.05, 0.1) is 6.42 Å². The first-order valence-corrected chi connectivity index (χ1v) is 5.23. The number of esters is 1. The molecule has 5 heteroatoms. The molecule has 0 aromatic carbocycles. The summed E-state index contributed by atoms with van der Waals surface area (Å²) in [5, 5.41) is 0. The Hall–Kier alpha value is -1.91. The number of hydrogen-bond acceptors (Lipinski definition) is 5. The van der Waals surface area contributed by atoms with Crippen LogP contribution in [0.5, 0.6) is 0 Å². The molecule has 0 radical (unpaired) electrons. The highest BCUT2D eigenvalue weighted by molar-refractivity contribution is 5.95. The second-order valence-electron chi connectivity index (χ2n) is 3.70. The van der Waals surface area contributed by atoms with E-state index in [1.807, 2.05) is 0 Å². The molecule has 0 atom stereocenters. The van der Waals surface area contributed by atoms with Crippen molar-refractivity contribution >= 4 is 17.5 Å². The Kier molecular flexibility index (Phi) is 4.63. The van der Waals surface area contributed by atoms with Crippen LogP contribution in [0, 0.1) is 6.92 Å². The maximum Gasteiger partial charge on any atom is 0.306 e. The van der Waals surface area contributed by atoms with Crippen molar-refractivity contribution in [2.45, 2.75) is 26.7 Å². The quantitative estimate of drug-likeness (QED) is 0.557. The standard InChI is InChI=1S/C12H14O5/c1-8(13)3-6-12(15)16-7-10(14)11-5-4-9(2)17-11/h4-5H,3,6-7H2,1-2H3. The van der Waals surface area contributed by atoms with E-state index in [-0.39, 0.29) is 31.0 Å². The normalized spacial score (nSPS) is 10.0. The van der Waals surface area contributed by atoms with E-state index in [9.17, 15) is 14.4 Å². The van der Waals surface area contributed by atoms with Gasteiger partial charge in [0.15, 0.2) is 12.4 Å². The summed E-state index contributed by atoms with van der Waals surface area (Å²) < 4.78 is 9.80. The minimum absolute atomic E-state index is 0.000203. The molecule has 0 amide bonds. The van der Waals surface area contributed by atoms with E-state index in [0.29, 0.717) is 5.76 Å². The molecule has 0 unspecified atom stereocenters. The molecule has 0 aliphatic carbocycles. The fraction of sp³-hybridized carbons (Fsp3) is 0.417. The minimum Gasteiger partial charge on any atom is -0.458 e. The van der Waals surface area contributed by atoms with Crippen LogP contribution in [-0.4, -0.2) is 24.1 Å². The Labute approximate surface area is 98.7 Å². The first-order valence-electron chi connectivity index (χ1n) is 5.23. The van der Waals surface area contributed by atoms with Crippen molar-refractivity contribution in [3.05, 3.63) is 23.7 Å². The number of rotatable bonds is 6. The van der Waals surface area contributed by atoms with Gasteiger partial charge in [-0.2, -0.15) is 0 Å². The molecule has 0 spiro atoms. The number of furan rings is 1. The van der Waals surface area contributed by atoms with Gasteiger partial charge in [0.1, 0.15) is 11.5 Å². The molecule has 0 aliphatic heterocycles. The van der Waals surface area contributed by atoms with Crippen molar-refractivity contribution in [3.63, 3.8) is 0 Å². The number of ketones is 2. The van der Waals surface area contributed by atoms with Gasteiger partial charge in [-0.05, 0) is 26.0 Å². The maximum absolute atomic E-state index is 11.5. The molecule has 1 heterocycles. The molecule has 0 N–H and O–H groups in total. The van der Waals surface area contributed by atoms with Gasteiger partial charge in [-0.15, -0.1) is 0 Å². The summed E-state index contributed by atoms with van der Waals surface area (Å²) in [4.78, 5) is 33.2. The van der Waals surface area contributed by atoms with Crippen molar-refractivity contribution in [1.29, 1.82) is 0 Å². The maximum atomic E-state index is 11.5. The predicted molar refractivity (Wildman–Crippen MR) is 58.6 cm³/mol.